The molecule has 10 aromatic carbocycles. The molecule has 0 unspecified atom stereocenters. The first-order chi connectivity index (χ1) is 30.2. The molecule has 0 N–H and O–H groups in total. The van der Waals surface area contributed by atoms with Gasteiger partial charge >= 0.3 is 0 Å². The molecule has 61 heavy (non-hydrogen) atoms. The zero-order valence-corrected chi connectivity index (χ0v) is 33.0. The number of para-hydroxylation sites is 1. The van der Waals surface area contributed by atoms with Gasteiger partial charge < -0.3 is 13.7 Å². The Hall–Kier alpha value is -8.21. The van der Waals surface area contributed by atoms with E-state index in [9.17, 15) is 0 Å². The molecule has 12 aromatic rings. The van der Waals surface area contributed by atoms with E-state index in [4.69, 9.17) is 13.8 Å². The average Bonchev–Trinajstić information content (AvgIpc) is 3.92. The highest BCUT2D eigenvalue weighted by atomic mass is 16.4. The highest BCUT2D eigenvalue weighted by molar-refractivity contribution is 6.14. The Morgan fingerprint density at radius 3 is 1.69 bits per heavy atom. The molecule has 0 bridgehead atoms. The van der Waals surface area contributed by atoms with Crippen LogP contribution in [-0.4, -0.2) is 4.98 Å². The lowest BCUT2D eigenvalue weighted by molar-refractivity contribution is 0.620. The second kappa shape index (κ2) is 14.3. The zero-order valence-electron chi connectivity index (χ0n) is 33.0. The van der Waals surface area contributed by atoms with Crippen molar-refractivity contribution in [2.45, 2.75) is 0 Å². The first-order valence-electron chi connectivity index (χ1n) is 20.6. The van der Waals surface area contributed by atoms with Crippen LogP contribution in [0.25, 0.3) is 99.4 Å². The molecule has 0 saturated heterocycles. The normalized spacial score (nSPS) is 11.6. The topological polar surface area (TPSA) is 42.4 Å². The van der Waals surface area contributed by atoms with E-state index in [1.54, 1.807) is 0 Å². The van der Waals surface area contributed by atoms with Crippen molar-refractivity contribution in [2.24, 2.45) is 0 Å². The average molecular weight is 781 g/mol. The SMILES string of the molecule is c1ccc(-c2nc3cc4oc5ccc(-c6ccc(N(c7ccc(-c8cc9ccccc9c9ccccc89)cc7)c7ccccc7-c7ccccc7)cc6)cc5c4cc3o2)cc1. The quantitative estimate of drug-likeness (QED) is 0.151. The molecule has 12 rings (SSSR count). The lowest BCUT2D eigenvalue weighted by atomic mass is 9.93. The molecule has 2 aromatic heterocycles. The number of anilines is 3. The summed E-state index contributed by atoms with van der Waals surface area (Å²) in [4.78, 5) is 7.13. The summed E-state index contributed by atoms with van der Waals surface area (Å²) < 4.78 is 12.6. The number of benzene rings is 10. The minimum Gasteiger partial charge on any atom is -0.456 e. The smallest absolute Gasteiger partial charge is 0.227 e. The van der Waals surface area contributed by atoms with Gasteiger partial charge in [0.1, 0.15) is 16.7 Å². The molecular formula is C57H36N2O2. The first kappa shape index (κ1) is 34.8. The molecule has 0 amide bonds. The molecule has 2 heterocycles. The first-order valence-corrected chi connectivity index (χ1v) is 20.6. The zero-order chi connectivity index (χ0) is 40.3. The van der Waals surface area contributed by atoms with E-state index in [0.717, 1.165) is 72.4 Å². The van der Waals surface area contributed by atoms with E-state index >= 15 is 0 Å². The van der Waals surface area contributed by atoms with Crippen LogP contribution < -0.4 is 4.90 Å². The van der Waals surface area contributed by atoms with Crippen LogP contribution in [0.1, 0.15) is 0 Å². The molecule has 0 aliphatic carbocycles. The van der Waals surface area contributed by atoms with E-state index in [2.05, 4.69) is 187 Å². The van der Waals surface area contributed by atoms with E-state index in [1.165, 1.54) is 38.2 Å². The Morgan fingerprint density at radius 1 is 0.328 bits per heavy atom. The Balaban J connectivity index is 0.942. The van der Waals surface area contributed by atoms with Crippen molar-refractivity contribution in [1.82, 2.24) is 4.98 Å². The second-order valence-corrected chi connectivity index (χ2v) is 15.5. The van der Waals surface area contributed by atoms with Gasteiger partial charge in [0.2, 0.25) is 5.89 Å². The third-order valence-electron chi connectivity index (χ3n) is 11.9. The summed E-state index contributed by atoms with van der Waals surface area (Å²) in [5.74, 6) is 0.600. The second-order valence-electron chi connectivity index (χ2n) is 15.5. The van der Waals surface area contributed by atoms with Crippen molar-refractivity contribution in [2.75, 3.05) is 4.90 Å². The molecular weight excluding hydrogens is 745 g/mol. The predicted octanol–water partition coefficient (Wildman–Crippen LogP) is 16.2. The maximum absolute atomic E-state index is 6.35. The molecule has 4 nitrogen and oxygen atoms in total. The number of rotatable bonds is 7. The van der Waals surface area contributed by atoms with E-state index in [-0.39, 0.29) is 0 Å². The van der Waals surface area contributed by atoms with Gasteiger partial charge in [0.05, 0.1) is 5.69 Å². The van der Waals surface area contributed by atoms with Gasteiger partial charge in [-0.15, -0.1) is 0 Å². The lowest BCUT2D eigenvalue weighted by Crippen LogP contribution is -2.11. The van der Waals surface area contributed by atoms with E-state index < -0.39 is 0 Å². The summed E-state index contributed by atoms with van der Waals surface area (Å²) in [6.07, 6.45) is 0. The Morgan fingerprint density at radius 2 is 0.918 bits per heavy atom. The van der Waals surface area contributed by atoms with E-state index in [0.29, 0.717) is 5.89 Å². The molecule has 0 fully saturated rings. The monoisotopic (exact) mass is 780 g/mol. The van der Waals surface area contributed by atoms with Gasteiger partial charge in [0.25, 0.3) is 0 Å². The summed E-state index contributed by atoms with van der Waals surface area (Å²) in [6.45, 7) is 0. The van der Waals surface area contributed by atoms with Crippen LogP contribution in [0.15, 0.2) is 227 Å². The summed E-state index contributed by atoms with van der Waals surface area (Å²) >= 11 is 0. The van der Waals surface area contributed by atoms with Crippen LogP contribution in [-0.2, 0) is 0 Å². The predicted molar refractivity (Wildman–Crippen MR) is 253 cm³/mol. The van der Waals surface area contributed by atoms with Crippen LogP contribution in [0, 0.1) is 0 Å². The Kier molecular flexibility index (Phi) is 8.13. The van der Waals surface area contributed by atoms with Gasteiger partial charge in [0, 0.05) is 39.3 Å². The van der Waals surface area contributed by atoms with Gasteiger partial charge in [-0.3, -0.25) is 0 Å². The number of aromatic nitrogens is 1. The molecule has 0 atom stereocenters. The number of furan rings is 1. The van der Waals surface area contributed by atoms with E-state index in [1.807, 2.05) is 36.4 Å². The summed E-state index contributed by atoms with van der Waals surface area (Å²) in [5, 5.41) is 7.07. The van der Waals surface area contributed by atoms with Crippen molar-refractivity contribution < 1.29 is 8.83 Å². The number of hydrogen-bond donors (Lipinski definition) is 0. The number of oxazole rings is 1. The van der Waals surface area contributed by atoms with Crippen LogP contribution >= 0.6 is 0 Å². The Bertz CT molecular complexity index is 3570. The highest BCUT2D eigenvalue weighted by Gasteiger charge is 2.19. The summed E-state index contributed by atoms with van der Waals surface area (Å²) in [6, 6.07) is 77.3. The minimum atomic E-state index is 0.600. The maximum atomic E-state index is 6.35. The largest absolute Gasteiger partial charge is 0.456 e. The van der Waals surface area contributed by atoms with Crippen LogP contribution in [0.2, 0.25) is 0 Å². The van der Waals surface area contributed by atoms with Crippen LogP contribution in [0.4, 0.5) is 17.1 Å². The molecule has 0 saturated carbocycles. The van der Waals surface area contributed by atoms with Gasteiger partial charge in [0.15, 0.2) is 5.58 Å². The standard InChI is InChI=1S/C57H36N2O2/c1-3-13-38(14-4-1)46-19-11-12-22-53(46)59(44-30-25-39(26-31-44)49-34-42-17-7-8-18-45(42)47-20-9-10-21-48(47)49)43-28-23-37(24-29-43)41-27-32-54-50(33-41)51-35-56-52(36-55(51)60-54)58-57(61-56)40-15-5-2-6-16-40/h1-36H. The van der Waals surface area contributed by atoms with Crippen molar-refractivity contribution in [3.8, 4) is 44.8 Å². The lowest BCUT2D eigenvalue weighted by Gasteiger charge is -2.28. The highest BCUT2D eigenvalue weighted by Crippen LogP contribution is 2.43. The minimum absolute atomic E-state index is 0.600. The van der Waals surface area contributed by atoms with Crippen molar-refractivity contribution in [1.29, 1.82) is 0 Å². The molecule has 4 heteroatoms. The molecule has 0 aliphatic rings. The number of fused-ring (bicyclic) bond motifs is 7. The third kappa shape index (κ3) is 6.04. The third-order valence-corrected chi connectivity index (χ3v) is 11.9. The van der Waals surface area contributed by atoms with Crippen LogP contribution in [0.5, 0.6) is 0 Å². The molecule has 286 valence electrons. The van der Waals surface area contributed by atoms with Gasteiger partial charge in [-0.05, 0) is 116 Å². The van der Waals surface area contributed by atoms with Crippen LogP contribution in [0.3, 0.4) is 0 Å². The van der Waals surface area contributed by atoms with Crippen molar-refractivity contribution >= 4 is 71.6 Å². The maximum Gasteiger partial charge on any atom is 0.227 e. The molecule has 0 radical (unpaired) electrons. The summed E-state index contributed by atoms with van der Waals surface area (Å²) in [5.41, 5.74) is 14.3. The number of nitrogens with zero attached hydrogens (tertiary/aromatic N) is 2. The Labute approximate surface area is 352 Å². The molecule has 0 aliphatic heterocycles. The fourth-order valence-electron chi connectivity index (χ4n) is 8.93. The van der Waals surface area contributed by atoms with Crippen molar-refractivity contribution in [3.05, 3.63) is 218 Å². The molecule has 0 spiro atoms. The van der Waals surface area contributed by atoms with Gasteiger partial charge in [-0.25, -0.2) is 4.98 Å². The fraction of sp³-hybridized carbons (Fsp3) is 0. The number of hydrogen-bond acceptors (Lipinski definition) is 4. The van der Waals surface area contributed by atoms with Gasteiger partial charge in [-0.2, -0.15) is 0 Å². The van der Waals surface area contributed by atoms with Gasteiger partial charge in [-0.1, -0.05) is 146 Å². The summed E-state index contributed by atoms with van der Waals surface area (Å²) in [7, 11) is 0. The fourth-order valence-corrected chi connectivity index (χ4v) is 8.93. The van der Waals surface area contributed by atoms with Crippen molar-refractivity contribution in [3.63, 3.8) is 0 Å².